The van der Waals surface area contributed by atoms with Crippen LogP contribution in [-0.2, 0) is 0 Å². The molecule has 22 heavy (non-hydrogen) atoms. The SMILES string of the molecule is [B][B]C1=NC(=NC=C)C(=NC=C)n2c1nc(C)c2/C=C\C=C. The molecule has 2 rings (SSSR count). The molecule has 3 radical (unpaired) electrons. The van der Waals surface area contributed by atoms with Gasteiger partial charge in [0.15, 0.2) is 11.7 Å². The Balaban J connectivity index is 2.81. The Morgan fingerprint density at radius 2 is 1.95 bits per heavy atom. The molecule has 105 valence electrons. The molecule has 0 amide bonds. The monoisotopic (exact) mass is 286 g/mol. The van der Waals surface area contributed by atoms with Crippen molar-refractivity contribution in [3.05, 3.63) is 61.5 Å². The minimum Gasteiger partial charge on any atom is -0.273 e. The van der Waals surface area contributed by atoms with Gasteiger partial charge in [-0.3, -0.25) is 4.57 Å². The van der Waals surface area contributed by atoms with Gasteiger partial charge in [-0.05, 0) is 13.0 Å². The third-order valence-electron chi connectivity index (χ3n) is 2.94. The van der Waals surface area contributed by atoms with Crippen LogP contribution in [0.2, 0.25) is 0 Å². The van der Waals surface area contributed by atoms with Gasteiger partial charge in [-0.25, -0.2) is 20.0 Å². The summed E-state index contributed by atoms with van der Waals surface area (Å²) in [5.74, 6) is 1.51. The highest BCUT2D eigenvalue weighted by Crippen LogP contribution is 2.19. The number of aryl methyl sites for hydroxylation is 1. The molecule has 0 spiro atoms. The van der Waals surface area contributed by atoms with E-state index in [0.717, 1.165) is 11.4 Å². The van der Waals surface area contributed by atoms with Crippen molar-refractivity contribution in [1.82, 2.24) is 9.55 Å². The normalized spacial score (nSPS) is 17.4. The number of aromatic nitrogens is 2. The molecule has 0 bridgehead atoms. The average molecular weight is 286 g/mol. The number of fused-ring (bicyclic) bond motifs is 1. The van der Waals surface area contributed by atoms with Gasteiger partial charge in [0, 0.05) is 25.7 Å². The summed E-state index contributed by atoms with van der Waals surface area (Å²) in [7, 11) is 7.06. The van der Waals surface area contributed by atoms with Crippen LogP contribution >= 0.6 is 0 Å². The maximum Gasteiger partial charge on any atom is 0.195 e. The first-order chi connectivity index (χ1) is 10.7. The van der Waals surface area contributed by atoms with Gasteiger partial charge in [0.2, 0.25) is 0 Å². The lowest BCUT2D eigenvalue weighted by molar-refractivity contribution is 1.08. The fraction of sp³-hybridized carbons (Fsp3) is 0.0667. The largest absolute Gasteiger partial charge is 0.273 e. The van der Waals surface area contributed by atoms with Crippen molar-refractivity contribution >= 4 is 38.3 Å². The Hall–Kier alpha value is -2.69. The van der Waals surface area contributed by atoms with Crippen LogP contribution in [0.4, 0.5) is 0 Å². The lowest BCUT2D eigenvalue weighted by Crippen LogP contribution is -2.34. The van der Waals surface area contributed by atoms with E-state index in [1.54, 1.807) is 6.08 Å². The van der Waals surface area contributed by atoms with Crippen molar-refractivity contribution in [2.24, 2.45) is 15.0 Å². The topological polar surface area (TPSA) is 54.9 Å². The van der Waals surface area contributed by atoms with E-state index in [9.17, 15) is 0 Å². The van der Waals surface area contributed by atoms with Crippen LogP contribution in [0.25, 0.3) is 6.08 Å². The fourth-order valence-electron chi connectivity index (χ4n) is 2.08. The number of amidine groups is 1. The molecule has 0 unspecified atom stereocenters. The van der Waals surface area contributed by atoms with Crippen LogP contribution in [0.1, 0.15) is 17.2 Å². The molecule has 0 atom stereocenters. The van der Waals surface area contributed by atoms with Crippen LogP contribution in [0.15, 0.2) is 59.3 Å². The van der Waals surface area contributed by atoms with E-state index < -0.39 is 0 Å². The number of hydrogen-bond acceptors (Lipinski definition) is 3. The summed E-state index contributed by atoms with van der Waals surface area (Å²) in [6.07, 6.45) is 8.24. The highest BCUT2D eigenvalue weighted by Gasteiger charge is 2.27. The zero-order chi connectivity index (χ0) is 16.1. The zero-order valence-corrected chi connectivity index (χ0v) is 12.4. The smallest absolute Gasteiger partial charge is 0.195 e. The van der Waals surface area contributed by atoms with Gasteiger partial charge < -0.3 is 0 Å². The van der Waals surface area contributed by atoms with Crippen molar-refractivity contribution in [2.45, 2.75) is 6.92 Å². The van der Waals surface area contributed by atoms with Crippen LogP contribution < -0.4 is 0 Å². The minimum atomic E-state index is 0.393. The molecule has 0 aliphatic carbocycles. The Morgan fingerprint density at radius 1 is 1.23 bits per heavy atom. The highest BCUT2D eigenvalue weighted by atomic mass is 15.2. The molecule has 1 aliphatic heterocycles. The molecule has 0 N–H and O–H groups in total. The average Bonchev–Trinajstić information content (AvgIpc) is 2.84. The maximum absolute atomic E-state index is 5.67. The van der Waals surface area contributed by atoms with E-state index in [1.165, 1.54) is 19.6 Å². The summed E-state index contributed by atoms with van der Waals surface area (Å²) in [5.41, 5.74) is 2.19. The summed E-state index contributed by atoms with van der Waals surface area (Å²) in [6.45, 7) is 12.8. The summed E-state index contributed by atoms with van der Waals surface area (Å²) in [4.78, 5) is 17.3. The van der Waals surface area contributed by atoms with Crippen LogP contribution in [0.5, 0.6) is 0 Å². The number of imidazole rings is 1. The molecule has 0 aromatic carbocycles. The molecular weight excluding hydrogens is 272 g/mol. The quantitative estimate of drug-likeness (QED) is 0.602. The number of rotatable bonds is 5. The lowest BCUT2D eigenvalue weighted by Gasteiger charge is -2.18. The molecular formula is C15H14B2N5. The first-order valence-electron chi connectivity index (χ1n) is 6.58. The van der Waals surface area contributed by atoms with Crippen molar-refractivity contribution in [2.75, 3.05) is 0 Å². The second-order valence-electron chi connectivity index (χ2n) is 4.27. The Kier molecular flexibility index (Phi) is 4.88. The second-order valence-corrected chi connectivity index (χ2v) is 4.27. The number of nitrogens with zero attached hydrogens (tertiary/aromatic N) is 5. The molecule has 7 heteroatoms. The highest BCUT2D eigenvalue weighted by molar-refractivity contribution is 7.10. The van der Waals surface area contributed by atoms with Gasteiger partial charge in [0.25, 0.3) is 0 Å². The Morgan fingerprint density at radius 3 is 2.55 bits per heavy atom. The van der Waals surface area contributed by atoms with Gasteiger partial charge in [0.05, 0.1) is 11.4 Å². The van der Waals surface area contributed by atoms with Crippen molar-refractivity contribution in [1.29, 1.82) is 0 Å². The first kappa shape index (κ1) is 15.7. The van der Waals surface area contributed by atoms with Gasteiger partial charge >= 0.3 is 0 Å². The number of allylic oxidation sites excluding steroid dienone is 2. The van der Waals surface area contributed by atoms with E-state index in [2.05, 4.69) is 39.7 Å². The predicted octanol–water partition coefficient (Wildman–Crippen LogP) is 1.87. The van der Waals surface area contributed by atoms with Gasteiger partial charge in [-0.2, -0.15) is 0 Å². The first-order valence-corrected chi connectivity index (χ1v) is 6.58. The van der Waals surface area contributed by atoms with Gasteiger partial charge in [-0.15, -0.1) is 0 Å². The minimum absolute atomic E-state index is 0.393. The van der Waals surface area contributed by atoms with E-state index in [1.807, 2.05) is 23.6 Å². The molecule has 1 aromatic heterocycles. The standard InChI is InChI=1S/C15H14B2N5/c1-5-8-9-11-10(4)20-14-12(17-16)21-13(18-6-2)15(19-7-3)22(11)14/h5-9H,1-3H2,4H3/b9-8-,18-13?,19-15?. The fourth-order valence-corrected chi connectivity index (χ4v) is 2.08. The van der Waals surface area contributed by atoms with E-state index in [4.69, 9.17) is 7.74 Å². The zero-order valence-electron chi connectivity index (χ0n) is 12.4. The summed E-state index contributed by atoms with van der Waals surface area (Å²) in [6, 6.07) is 0. The van der Waals surface area contributed by atoms with Crippen LogP contribution in [0, 0.1) is 6.92 Å². The molecule has 0 saturated heterocycles. The van der Waals surface area contributed by atoms with Crippen molar-refractivity contribution < 1.29 is 0 Å². The summed E-state index contributed by atoms with van der Waals surface area (Å²) in [5, 5.41) is 0. The van der Waals surface area contributed by atoms with E-state index in [0.29, 0.717) is 23.1 Å². The maximum atomic E-state index is 5.67. The predicted molar refractivity (Wildman–Crippen MR) is 94.9 cm³/mol. The number of hydrogen-bond donors (Lipinski definition) is 0. The second kappa shape index (κ2) is 6.85. The molecule has 0 saturated carbocycles. The number of aliphatic imine (C=N–C) groups is 3. The third kappa shape index (κ3) is 2.70. The molecule has 1 aromatic rings. The Bertz CT molecular complexity index is 750. The van der Waals surface area contributed by atoms with E-state index in [-0.39, 0.29) is 0 Å². The molecule has 0 fully saturated rings. The summed E-state index contributed by atoms with van der Waals surface area (Å²) < 4.78 is 1.84. The van der Waals surface area contributed by atoms with Crippen LogP contribution in [-0.4, -0.2) is 41.7 Å². The van der Waals surface area contributed by atoms with Crippen molar-refractivity contribution in [3.8, 4) is 0 Å². The molecule has 1 aliphatic rings. The van der Waals surface area contributed by atoms with E-state index >= 15 is 0 Å². The van der Waals surface area contributed by atoms with Crippen molar-refractivity contribution in [3.63, 3.8) is 0 Å². The van der Waals surface area contributed by atoms with Gasteiger partial charge in [-0.1, -0.05) is 31.9 Å². The Labute approximate surface area is 131 Å². The third-order valence-corrected chi connectivity index (χ3v) is 2.94. The molecule has 5 nitrogen and oxygen atoms in total. The van der Waals surface area contributed by atoms with Crippen LogP contribution in [0.3, 0.4) is 0 Å². The summed E-state index contributed by atoms with van der Waals surface area (Å²) >= 11 is 0. The lowest BCUT2D eigenvalue weighted by atomic mass is 9.52. The van der Waals surface area contributed by atoms with Gasteiger partial charge in [0.1, 0.15) is 13.0 Å². The molecule has 2 heterocycles.